The largest absolute Gasteiger partial charge is 0.504 e. The van der Waals surface area contributed by atoms with E-state index in [0.29, 0.717) is 13.2 Å². The Hall–Kier alpha value is -0.233. The van der Waals surface area contributed by atoms with Crippen LogP contribution in [0.3, 0.4) is 0 Å². The lowest BCUT2D eigenvalue weighted by Crippen LogP contribution is -2.41. The first-order valence-corrected chi connectivity index (χ1v) is 5.32. The molecule has 12 heavy (non-hydrogen) atoms. The van der Waals surface area contributed by atoms with Crippen LogP contribution in [0.5, 0.6) is 0 Å². The summed E-state index contributed by atoms with van der Waals surface area (Å²) in [5.74, 6) is 0. The third-order valence-corrected chi connectivity index (χ3v) is 3.98. The maximum Gasteiger partial charge on any atom is 0.504 e. The van der Waals surface area contributed by atoms with Crippen molar-refractivity contribution in [3.8, 4) is 0 Å². The first-order chi connectivity index (χ1) is 5.74. The number of hydrogen-bond acceptors (Lipinski definition) is 3. The normalized spacial score (nSPS) is 10.1. The van der Waals surface area contributed by atoms with E-state index in [1.807, 2.05) is 0 Å². The second kappa shape index (κ2) is 8.86. The number of hydrogen-bond donors (Lipinski definition) is 0. The van der Waals surface area contributed by atoms with E-state index < -0.39 is 8.80 Å². The molecule has 3 nitrogen and oxygen atoms in total. The summed E-state index contributed by atoms with van der Waals surface area (Å²) in [5, 5.41) is 0. The van der Waals surface area contributed by atoms with Crippen LogP contribution in [0.2, 0.25) is 6.04 Å². The minimum Gasteiger partial charge on any atom is -0.377 e. The van der Waals surface area contributed by atoms with Gasteiger partial charge >= 0.3 is 8.80 Å². The van der Waals surface area contributed by atoms with Crippen LogP contribution in [0.25, 0.3) is 0 Å². The summed E-state index contributed by atoms with van der Waals surface area (Å²) in [4.78, 5) is 0. The highest BCUT2D eigenvalue weighted by Gasteiger charge is 2.35. The molecule has 74 valence electrons. The zero-order valence-corrected chi connectivity index (χ0v) is 9.09. The van der Waals surface area contributed by atoms with E-state index in [9.17, 15) is 4.39 Å². The maximum atomic E-state index is 9.50. The Balaban J connectivity index is 0. The fourth-order valence-electron chi connectivity index (χ4n) is 0.677. The van der Waals surface area contributed by atoms with Crippen molar-refractivity contribution in [3.05, 3.63) is 12.7 Å². The first kappa shape index (κ1) is 14.3. The Bertz CT molecular complexity index is 98.6. The van der Waals surface area contributed by atoms with Gasteiger partial charge in [0.15, 0.2) is 0 Å². The highest BCUT2D eigenvalue weighted by molar-refractivity contribution is 6.61. The van der Waals surface area contributed by atoms with E-state index in [4.69, 9.17) is 13.3 Å². The van der Waals surface area contributed by atoms with E-state index in [2.05, 4.69) is 6.58 Å². The van der Waals surface area contributed by atoms with Crippen molar-refractivity contribution in [2.24, 2.45) is 0 Å². The lowest BCUT2D eigenvalue weighted by Gasteiger charge is -2.22. The topological polar surface area (TPSA) is 27.7 Å². The van der Waals surface area contributed by atoms with E-state index in [1.54, 1.807) is 27.4 Å². The molecule has 0 spiro atoms. The zero-order valence-electron chi connectivity index (χ0n) is 8.09. The van der Waals surface area contributed by atoms with Gasteiger partial charge in [0.2, 0.25) is 0 Å². The molecule has 0 N–H and O–H groups in total. The van der Waals surface area contributed by atoms with Gasteiger partial charge < -0.3 is 13.3 Å². The molecule has 0 aliphatic heterocycles. The molecule has 0 saturated carbocycles. The molecule has 0 fully saturated rings. The van der Waals surface area contributed by atoms with Crippen molar-refractivity contribution in [2.45, 2.75) is 6.04 Å². The van der Waals surface area contributed by atoms with Crippen LogP contribution in [0.1, 0.15) is 0 Å². The predicted octanol–water partition coefficient (Wildman–Crippen LogP) is 1.64. The predicted molar refractivity (Wildman–Crippen MR) is 48.8 cm³/mol. The third-order valence-electron chi connectivity index (χ3n) is 1.33. The second-order valence-electron chi connectivity index (χ2n) is 1.79. The van der Waals surface area contributed by atoms with Gasteiger partial charge in [-0.2, -0.15) is 0 Å². The number of rotatable bonds is 5. The molecule has 0 heterocycles. The quantitative estimate of drug-likeness (QED) is 0.494. The fourth-order valence-corrected chi connectivity index (χ4v) is 2.03. The summed E-state index contributed by atoms with van der Waals surface area (Å²) in [7, 11) is 2.92. The lowest BCUT2D eigenvalue weighted by atomic mass is 10.8. The number of halogens is 1. The van der Waals surface area contributed by atoms with Gasteiger partial charge in [-0.15, -0.1) is 6.58 Å². The van der Waals surface area contributed by atoms with Crippen LogP contribution in [0, 0.1) is 0 Å². The molecule has 0 atom stereocenters. The van der Waals surface area contributed by atoms with E-state index in [-0.39, 0.29) is 0 Å². The van der Waals surface area contributed by atoms with Gasteiger partial charge in [0.1, 0.15) is 0 Å². The Morgan fingerprint density at radius 1 is 1.17 bits per heavy atom. The molecule has 0 radical (unpaired) electrons. The Morgan fingerprint density at radius 2 is 1.50 bits per heavy atom. The van der Waals surface area contributed by atoms with Gasteiger partial charge in [-0.05, 0) is 0 Å². The molecule has 0 aromatic rings. The molecular weight excluding hydrogens is 179 g/mol. The Kier molecular flexibility index (Phi) is 10.6. The van der Waals surface area contributed by atoms with Gasteiger partial charge in [0.25, 0.3) is 0 Å². The lowest BCUT2D eigenvalue weighted by molar-refractivity contribution is 0.127. The van der Waals surface area contributed by atoms with Gasteiger partial charge in [0.05, 0.1) is 7.18 Å². The Morgan fingerprint density at radius 3 is 1.58 bits per heavy atom. The third kappa shape index (κ3) is 4.61. The molecule has 0 unspecified atom stereocenters. The summed E-state index contributed by atoms with van der Waals surface area (Å²) in [5.41, 5.74) is 0. The van der Waals surface area contributed by atoms with Crippen LogP contribution in [0.4, 0.5) is 4.39 Å². The molecule has 0 rings (SSSR count). The smallest absolute Gasteiger partial charge is 0.377 e. The average molecular weight is 196 g/mol. The van der Waals surface area contributed by atoms with E-state index in [1.165, 1.54) is 0 Å². The summed E-state index contributed by atoms with van der Waals surface area (Å²) >= 11 is 0. The standard InChI is InChI=1S/C6H14O3Si.CH3F/c1-5-6-10(7-2,8-3)9-4;1-2/h5H,1,6H2,2-4H3;1H3. The second-order valence-corrected chi connectivity index (χ2v) is 4.79. The highest BCUT2D eigenvalue weighted by atomic mass is 28.4. The minimum atomic E-state index is -2.34. The first-order valence-electron chi connectivity index (χ1n) is 3.39. The highest BCUT2D eigenvalue weighted by Crippen LogP contribution is 2.11. The van der Waals surface area contributed by atoms with E-state index in [0.717, 1.165) is 0 Å². The molecule has 0 aliphatic rings. The maximum absolute atomic E-state index is 9.50. The van der Waals surface area contributed by atoms with Crippen LogP contribution in [-0.2, 0) is 13.3 Å². The number of alkyl halides is 1. The SMILES string of the molecule is C=CC[Si](OC)(OC)OC.CF. The molecular formula is C7H17FO3Si. The van der Waals surface area contributed by atoms with Crippen molar-refractivity contribution in [1.29, 1.82) is 0 Å². The van der Waals surface area contributed by atoms with Crippen LogP contribution >= 0.6 is 0 Å². The number of allylic oxidation sites excluding steroid dienone is 1. The molecule has 0 bridgehead atoms. The van der Waals surface area contributed by atoms with E-state index >= 15 is 0 Å². The van der Waals surface area contributed by atoms with Crippen molar-refractivity contribution >= 4 is 8.80 Å². The van der Waals surface area contributed by atoms with Gasteiger partial charge in [-0.1, -0.05) is 6.08 Å². The monoisotopic (exact) mass is 196 g/mol. The van der Waals surface area contributed by atoms with Crippen LogP contribution in [0.15, 0.2) is 12.7 Å². The summed E-state index contributed by atoms with van der Waals surface area (Å²) in [6, 6.07) is 0.649. The van der Waals surface area contributed by atoms with Crippen molar-refractivity contribution in [1.82, 2.24) is 0 Å². The molecule has 0 aromatic heterocycles. The van der Waals surface area contributed by atoms with Gasteiger partial charge in [0, 0.05) is 27.4 Å². The average Bonchev–Trinajstić information content (AvgIpc) is 2.18. The van der Waals surface area contributed by atoms with Crippen molar-refractivity contribution in [3.63, 3.8) is 0 Å². The summed E-state index contributed by atoms with van der Waals surface area (Å²) < 4.78 is 24.8. The van der Waals surface area contributed by atoms with Crippen LogP contribution < -0.4 is 0 Å². The van der Waals surface area contributed by atoms with Gasteiger partial charge in [-0.25, -0.2) is 0 Å². The molecule has 0 amide bonds. The molecule has 0 aromatic carbocycles. The molecule has 0 aliphatic carbocycles. The minimum absolute atomic E-state index is 0.500. The molecule has 0 saturated heterocycles. The zero-order chi connectivity index (χ0) is 10.0. The summed E-state index contributed by atoms with van der Waals surface area (Å²) in [6.45, 7) is 3.58. The Labute approximate surface area is 74.5 Å². The summed E-state index contributed by atoms with van der Waals surface area (Å²) in [6.07, 6.45) is 1.74. The van der Waals surface area contributed by atoms with Crippen molar-refractivity contribution in [2.75, 3.05) is 28.5 Å². The van der Waals surface area contributed by atoms with Gasteiger partial charge in [-0.3, -0.25) is 4.39 Å². The molecule has 5 heteroatoms. The van der Waals surface area contributed by atoms with Crippen LogP contribution in [-0.4, -0.2) is 37.3 Å². The van der Waals surface area contributed by atoms with Crippen molar-refractivity contribution < 1.29 is 17.7 Å². The fraction of sp³-hybridized carbons (Fsp3) is 0.714.